The van der Waals surface area contributed by atoms with Crippen LogP contribution in [-0.4, -0.2) is 38.3 Å². The van der Waals surface area contributed by atoms with Gasteiger partial charge in [0.2, 0.25) is 0 Å². The smallest absolute Gasteiger partial charge is 0.418 e. The molecule has 0 bridgehead atoms. The molecule has 10 nitrogen and oxygen atoms in total. The minimum absolute atomic E-state index is 0.210. The molecule has 0 saturated carbocycles. The highest BCUT2D eigenvalue weighted by atomic mass is 16.5. The third-order valence-electron chi connectivity index (χ3n) is 3.20. The molecule has 2 heterocycles. The minimum Gasteiger partial charge on any atom is -0.461 e. The number of ether oxygens (including phenoxy) is 1. The van der Waals surface area contributed by atoms with E-state index in [1.165, 1.54) is 10.6 Å². The first-order chi connectivity index (χ1) is 12.2. The SMILES string of the molecule is [C-]#[N+]C(C#N)/N=N/c1ccc2nnc3ncc(C(=O)OCC)n3c2c1. The van der Waals surface area contributed by atoms with Crippen molar-refractivity contribution in [3.05, 3.63) is 41.5 Å². The normalized spacial score (nSPS) is 12.1. The van der Waals surface area contributed by atoms with Crippen LogP contribution in [0.15, 0.2) is 34.6 Å². The van der Waals surface area contributed by atoms with Crippen molar-refractivity contribution in [2.75, 3.05) is 6.61 Å². The first-order valence-electron chi connectivity index (χ1n) is 7.16. The highest BCUT2D eigenvalue weighted by Gasteiger charge is 2.17. The Hall–Kier alpha value is -3.92. The molecule has 0 N–H and O–H groups in total. The fourth-order valence-electron chi connectivity index (χ4n) is 2.14. The molecule has 0 saturated heterocycles. The quantitative estimate of drug-likeness (QED) is 0.410. The fraction of sp³-hybridized carbons (Fsp3) is 0.200. The third-order valence-corrected chi connectivity index (χ3v) is 3.20. The van der Waals surface area contributed by atoms with Crippen molar-refractivity contribution in [3.8, 4) is 6.07 Å². The van der Waals surface area contributed by atoms with Gasteiger partial charge in [-0.05, 0) is 25.1 Å². The number of azo groups is 1. The van der Waals surface area contributed by atoms with Gasteiger partial charge in [-0.2, -0.15) is 5.26 Å². The van der Waals surface area contributed by atoms with Crippen LogP contribution >= 0.6 is 0 Å². The predicted molar refractivity (Wildman–Crippen MR) is 84.8 cm³/mol. The van der Waals surface area contributed by atoms with Crippen LogP contribution in [0.5, 0.6) is 0 Å². The molecule has 1 aromatic carbocycles. The van der Waals surface area contributed by atoms with Gasteiger partial charge in [-0.25, -0.2) is 16.4 Å². The van der Waals surface area contributed by atoms with Crippen LogP contribution in [0.25, 0.3) is 21.7 Å². The Bertz CT molecular complexity index is 1060. The maximum absolute atomic E-state index is 12.1. The van der Waals surface area contributed by atoms with Gasteiger partial charge in [-0.3, -0.25) is 9.25 Å². The summed E-state index contributed by atoms with van der Waals surface area (Å²) in [5, 5.41) is 24.3. The Morgan fingerprint density at radius 1 is 1.52 bits per heavy atom. The van der Waals surface area contributed by atoms with Crippen LogP contribution in [0.1, 0.15) is 17.4 Å². The Morgan fingerprint density at radius 2 is 2.36 bits per heavy atom. The predicted octanol–water partition coefficient (Wildman–Crippen LogP) is 2.31. The van der Waals surface area contributed by atoms with Gasteiger partial charge in [0.15, 0.2) is 11.8 Å². The van der Waals surface area contributed by atoms with E-state index in [9.17, 15) is 4.79 Å². The minimum atomic E-state index is -1.20. The van der Waals surface area contributed by atoms with E-state index in [0.717, 1.165) is 0 Å². The molecule has 0 aliphatic rings. The van der Waals surface area contributed by atoms with Gasteiger partial charge in [0.1, 0.15) is 5.52 Å². The lowest BCUT2D eigenvalue weighted by atomic mass is 10.2. The molecule has 2 aromatic heterocycles. The van der Waals surface area contributed by atoms with Crippen molar-refractivity contribution in [1.82, 2.24) is 19.6 Å². The van der Waals surface area contributed by atoms with Gasteiger partial charge in [-0.1, -0.05) is 5.11 Å². The zero-order valence-electron chi connectivity index (χ0n) is 13.0. The number of nitrogens with zero attached hydrogens (tertiary/aromatic N) is 8. The average Bonchev–Trinajstić information content (AvgIpc) is 3.07. The molecular weight excluding hydrogens is 324 g/mol. The number of hydrogen-bond acceptors (Lipinski definition) is 8. The van der Waals surface area contributed by atoms with Crippen molar-refractivity contribution in [3.63, 3.8) is 0 Å². The van der Waals surface area contributed by atoms with Gasteiger partial charge in [0, 0.05) is 0 Å². The second-order valence-electron chi connectivity index (χ2n) is 4.72. The van der Waals surface area contributed by atoms with Crippen LogP contribution in [0, 0.1) is 17.9 Å². The maximum Gasteiger partial charge on any atom is 0.418 e. The summed E-state index contributed by atoms with van der Waals surface area (Å²) in [7, 11) is 0. The molecule has 10 heteroatoms. The summed E-state index contributed by atoms with van der Waals surface area (Å²) >= 11 is 0. The largest absolute Gasteiger partial charge is 0.461 e. The Balaban J connectivity index is 2.16. The molecule has 3 aromatic rings. The summed E-state index contributed by atoms with van der Waals surface area (Å²) in [5.41, 5.74) is 1.64. The molecule has 1 unspecified atom stereocenters. The molecule has 0 fully saturated rings. The second kappa shape index (κ2) is 6.68. The molecule has 3 rings (SSSR count). The number of benzene rings is 1. The number of esters is 1. The van der Waals surface area contributed by atoms with Crippen molar-refractivity contribution in [2.45, 2.75) is 13.1 Å². The standard InChI is InChI=1S/C15H10N8O2/c1-3-25-14(24)12-8-18-15-22-20-10-5-4-9(6-11(10)23(12)15)19-21-13(7-16)17-2/h4-6,8,13H,3H2,1H3/b21-19+. The Labute approximate surface area is 141 Å². The van der Waals surface area contributed by atoms with Crippen LogP contribution in [-0.2, 0) is 4.74 Å². The van der Waals surface area contributed by atoms with Crippen molar-refractivity contribution in [2.24, 2.45) is 10.2 Å². The highest BCUT2D eigenvalue weighted by Crippen LogP contribution is 2.22. The van der Waals surface area contributed by atoms with Gasteiger partial charge in [0.05, 0.1) is 24.0 Å². The second-order valence-corrected chi connectivity index (χ2v) is 4.72. The maximum atomic E-state index is 12.1. The summed E-state index contributed by atoms with van der Waals surface area (Å²) in [5.74, 6) is -0.297. The number of aromatic nitrogens is 4. The van der Waals surface area contributed by atoms with E-state index in [1.54, 1.807) is 31.2 Å². The summed E-state index contributed by atoms with van der Waals surface area (Å²) in [6, 6.07) is 6.58. The zero-order valence-corrected chi connectivity index (χ0v) is 13.0. The van der Waals surface area contributed by atoms with Gasteiger partial charge in [-0.15, -0.1) is 15.3 Å². The Kier molecular flexibility index (Phi) is 4.26. The van der Waals surface area contributed by atoms with Crippen LogP contribution < -0.4 is 0 Å². The third kappa shape index (κ3) is 2.96. The van der Waals surface area contributed by atoms with E-state index in [0.29, 0.717) is 16.7 Å². The van der Waals surface area contributed by atoms with E-state index in [-0.39, 0.29) is 18.1 Å². The summed E-state index contributed by atoms with van der Waals surface area (Å²) < 4.78 is 6.53. The Morgan fingerprint density at radius 3 is 3.08 bits per heavy atom. The molecule has 0 aliphatic heterocycles. The van der Waals surface area contributed by atoms with E-state index in [2.05, 4.69) is 30.3 Å². The number of imidazole rings is 1. The molecule has 25 heavy (non-hydrogen) atoms. The zero-order chi connectivity index (χ0) is 17.8. The summed E-state index contributed by atoms with van der Waals surface area (Å²) in [4.78, 5) is 19.2. The monoisotopic (exact) mass is 334 g/mol. The first-order valence-corrected chi connectivity index (χ1v) is 7.16. The van der Waals surface area contributed by atoms with Crippen LogP contribution in [0.4, 0.5) is 5.69 Å². The number of carbonyl (C=O) groups is 1. The molecule has 0 spiro atoms. The average molecular weight is 334 g/mol. The molecule has 0 radical (unpaired) electrons. The van der Waals surface area contributed by atoms with Crippen molar-refractivity contribution >= 4 is 28.5 Å². The van der Waals surface area contributed by atoms with Gasteiger partial charge in [0.25, 0.3) is 5.78 Å². The van der Waals surface area contributed by atoms with Gasteiger partial charge < -0.3 is 4.74 Å². The van der Waals surface area contributed by atoms with E-state index in [1.807, 2.05) is 0 Å². The number of carbonyl (C=O) groups excluding carboxylic acids is 1. The van der Waals surface area contributed by atoms with E-state index >= 15 is 0 Å². The van der Waals surface area contributed by atoms with Crippen molar-refractivity contribution in [1.29, 1.82) is 5.26 Å². The van der Waals surface area contributed by atoms with E-state index in [4.69, 9.17) is 16.6 Å². The number of fused-ring (bicyclic) bond motifs is 3. The lowest BCUT2D eigenvalue weighted by Crippen LogP contribution is -2.09. The first kappa shape index (κ1) is 16.0. The molecule has 0 amide bonds. The van der Waals surface area contributed by atoms with Crippen LogP contribution in [0.2, 0.25) is 0 Å². The van der Waals surface area contributed by atoms with Gasteiger partial charge >= 0.3 is 12.1 Å². The summed E-state index contributed by atoms with van der Waals surface area (Å²) in [6.45, 7) is 8.76. The lowest BCUT2D eigenvalue weighted by molar-refractivity contribution is 0.0518. The number of rotatable bonds is 4. The lowest BCUT2D eigenvalue weighted by Gasteiger charge is -2.05. The number of hydrogen-bond donors (Lipinski definition) is 0. The van der Waals surface area contributed by atoms with Crippen LogP contribution in [0.3, 0.4) is 0 Å². The topological polar surface area (TPSA) is 122 Å². The fourth-order valence-corrected chi connectivity index (χ4v) is 2.14. The molecule has 122 valence electrons. The number of nitriles is 1. The highest BCUT2D eigenvalue weighted by molar-refractivity contribution is 5.91. The molecule has 0 aliphatic carbocycles. The molecule has 1 atom stereocenters. The summed E-state index contributed by atoms with van der Waals surface area (Å²) in [6.07, 6.45) is 0.162. The molecular formula is C15H10N8O2. The van der Waals surface area contributed by atoms with Crippen molar-refractivity contribution < 1.29 is 9.53 Å². The van der Waals surface area contributed by atoms with E-state index < -0.39 is 12.1 Å².